The SMILES string of the molecule is CC(C)(Oc1cccc(F)c1C#N)c1cccnc1. The highest BCUT2D eigenvalue weighted by Crippen LogP contribution is 2.30. The Bertz CT molecular complexity index is 618. The molecule has 0 amide bonds. The third kappa shape index (κ3) is 2.71. The summed E-state index contributed by atoms with van der Waals surface area (Å²) in [6, 6.07) is 9.84. The molecule has 1 heterocycles. The molecular weight excluding hydrogens is 243 g/mol. The van der Waals surface area contributed by atoms with Crippen LogP contribution in [0.3, 0.4) is 0 Å². The van der Waals surface area contributed by atoms with E-state index in [1.165, 1.54) is 12.1 Å². The monoisotopic (exact) mass is 256 g/mol. The van der Waals surface area contributed by atoms with Crippen LogP contribution in [0.25, 0.3) is 0 Å². The van der Waals surface area contributed by atoms with Crippen molar-refractivity contribution in [1.82, 2.24) is 4.98 Å². The highest BCUT2D eigenvalue weighted by Gasteiger charge is 2.24. The molecule has 0 spiro atoms. The molecule has 0 aliphatic rings. The lowest BCUT2D eigenvalue weighted by molar-refractivity contribution is 0.107. The van der Waals surface area contributed by atoms with E-state index in [0.29, 0.717) is 0 Å². The number of nitrogens with zero attached hydrogens (tertiary/aromatic N) is 2. The first-order chi connectivity index (χ1) is 9.04. The molecule has 2 aromatic rings. The van der Waals surface area contributed by atoms with Crippen molar-refractivity contribution in [1.29, 1.82) is 5.26 Å². The van der Waals surface area contributed by atoms with Crippen LogP contribution in [0.1, 0.15) is 25.0 Å². The first-order valence-electron chi connectivity index (χ1n) is 5.83. The molecule has 0 unspecified atom stereocenters. The van der Waals surface area contributed by atoms with Crippen molar-refractivity contribution in [2.24, 2.45) is 0 Å². The predicted molar refractivity (Wildman–Crippen MR) is 69.0 cm³/mol. The van der Waals surface area contributed by atoms with Crippen molar-refractivity contribution < 1.29 is 9.13 Å². The number of hydrogen-bond acceptors (Lipinski definition) is 3. The van der Waals surface area contributed by atoms with Gasteiger partial charge in [-0.3, -0.25) is 4.98 Å². The minimum absolute atomic E-state index is 0.0838. The van der Waals surface area contributed by atoms with Crippen molar-refractivity contribution >= 4 is 0 Å². The van der Waals surface area contributed by atoms with E-state index < -0.39 is 11.4 Å². The Morgan fingerprint density at radius 1 is 1.26 bits per heavy atom. The third-order valence-electron chi connectivity index (χ3n) is 2.81. The highest BCUT2D eigenvalue weighted by atomic mass is 19.1. The summed E-state index contributed by atoms with van der Waals surface area (Å²) in [4.78, 5) is 4.03. The average molecular weight is 256 g/mol. The molecule has 0 aliphatic carbocycles. The lowest BCUT2D eigenvalue weighted by atomic mass is 10.00. The summed E-state index contributed by atoms with van der Waals surface area (Å²) in [5.41, 5.74) is 0.0656. The minimum Gasteiger partial charge on any atom is -0.482 e. The summed E-state index contributed by atoms with van der Waals surface area (Å²) in [6.45, 7) is 3.69. The van der Waals surface area contributed by atoms with E-state index >= 15 is 0 Å². The zero-order chi connectivity index (χ0) is 13.9. The van der Waals surface area contributed by atoms with Gasteiger partial charge in [-0.15, -0.1) is 0 Å². The summed E-state index contributed by atoms with van der Waals surface area (Å²) in [5, 5.41) is 8.98. The standard InChI is InChI=1S/C15H13FN2O/c1-15(2,11-5-4-8-18-10-11)19-14-7-3-6-13(16)12(14)9-17/h3-8,10H,1-2H3. The number of ether oxygens (including phenoxy) is 1. The highest BCUT2D eigenvalue weighted by molar-refractivity contribution is 5.44. The second-order valence-corrected chi connectivity index (χ2v) is 4.58. The molecule has 3 nitrogen and oxygen atoms in total. The van der Waals surface area contributed by atoms with Crippen molar-refractivity contribution in [2.45, 2.75) is 19.4 Å². The molecule has 4 heteroatoms. The summed E-state index contributed by atoms with van der Waals surface area (Å²) < 4.78 is 19.3. The van der Waals surface area contributed by atoms with Crippen molar-refractivity contribution in [3.8, 4) is 11.8 Å². The number of hydrogen-bond donors (Lipinski definition) is 0. The average Bonchev–Trinajstić information content (AvgIpc) is 2.40. The largest absolute Gasteiger partial charge is 0.482 e. The number of pyridine rings is 1. The van der Waals surface area contributed by atoms with E-state index in [2.05, 4.69) is 4.98 Å². The summed E-state index contributed by atoms with van der Waals surface area (Å²) >= 11 is 0. The molecule has 19 heavy (non-hydrogen) atoms. The van der Waals surface area contributed by atoms with Crippen LogP contribution in [0, 0.1) is 17.1 Å². The Labute approximate surface area is 111 Å². The van der Waals surface area contributed by atoms with Crippen molar-refractivity contribution in [3.05, 3.63) is 59.7 Å². The Kier molecular flexibility index (Phi) is 3.48. The molecule has 0 atom stereocenters. The number of benzene rings is 1. The summed E-state index contributed by atoms with van der Waals surface area (Å²) in [7, 11) is 0. The fourth-order valence-corrected chi connectivity index (χ4v) is 1.75. The van der Waals surface area contributed by atoms with Crippen LogP contribution in [-0.4, -0.2) is 4.98 Å². The van der Waals surface area contributed by atoms with Gasteiger partial charge < -0.3 is 4.74 Å². The van der Waals surface area contributed by atoms with E-state index in [4.69, 9.17) is 10.00 Å². The molecule has 2 rings (SSSR count). The number of nitriles is 1. The minimum atomic E-state index is -0.701. The Morgan fingerprint density at radius 3 is 2.68 bits per heavy atom. The van der Waals surface area contributed by atoms with E-state index in [-0.39, 0.29) is 11.3 Å². The van der Waals surface area contributed by atoms with E-state index in [1.807, 2.05) is 26.0 Å². The molecular formula is C15H13FN2O. The van der Waals surface area contributed by atoms with Gasteiger partial charge in [0.05, 0.1) is 0 Å². The van der Waals surface area contributed by atoms with Crippen LogP contribution < -0.4 is 4.74 Å². The molecule has 0 saturated heterocycles. The van der Waals surface area contributed by atoms with Gasteiger partial charge in [0.15, 0.2) is 0 Å². The number of rotatable bonds is 3. The molecule has 0 fully saturated rings. The van der Waals surface area contributed by atoms with Gasteiger partial charge in [-0.2, -0.15) is 5.26 Å². The van der Waals surface area contributed by atoms with Crippen molar-refractivity contribution in [2.75, 3.05) is 0 Å². The molecule has 0 aliphatic heterocycles. The predicted octanol–water partition coefficient (Wildman–Crippen LogP) is 3.41. The zero-order valence-corrected chi connectivity index (χ0v) is 10.7. The second kappa shape index (κ2) is 5.07. The van der Waals surface area contributed by atoms with Crippen LogP contribution in [0.2, 0.25) is 0 Å². The Balaban J connectivity index is 2.37. The lowest BCUT2D eigenvalue weighted by Crippen LogP contribution is -2.25. The number of aromatic nitrogens is 1. The van der Waals surface area contributed by atoms with Gasteiger partial charge in [0.25, 0.3) is 0 Å². The van der Waals surface area contributed by atoms with Gasteiger partial charge in [-0.05, 0) is 32.0 Å². The maximum absolute atomic E-state index is 13.5. The maximum Gasteiger partial charge on any atom is 0.144 e. The first kappa shape index (κ1) is 13.0. The van der Waals surface area contributed by atoms with Crippen LogP contribution in [0.15, 0.2) is 42.7 Å². The first-order valence-corrected chi connectivity index (χ1v) is 5.83. The molecule has 0 saturated carbocycles. The molecule has 0 N–H and O–H groups in total. The quantitative estimate of drug-likeness (QED) is 0.845. The van der Waals surface area contributed by atoms with Gasteiger partial charge in [0.1, 0.15) is 28.8 Å². The second-order valence-electron chi connectivity index (χ2n) is 4.58. The fourth-order valence-electron chi connectivity index (χ4n) is 1.75. The number of halogens is 1. The topological polar surface area (TPSA) is 45.9 Å². The van der Waals surface area contributed by atoms with Crippen LogP contribution in [0.4, 0.5) is 4.39 Å². The summed E-state index contributed by atoms with van der Waals surface area (Å²) in [5.74, 6) is -0.349. The van der Waals surface area contributed by atoms with E-state index in [1.54, 1.807) is 24.5 Å². The van der Waals surface area contributed by atoms with Crippen LogP contribution in [0.5, 0.6) is 5.75 Å². The normalized spacial score (nSPS) is 10.8. The molecule has 1 aromatic carbocycles. The maximum atomic E-state index is 13.5. The fraction of sp³-hybridized carbons (Fsp3) is 0.200. The third-order valence-corrected chi connectivity index (χ3v) is 2.81. The van der Waals surface area contributed by atoms with E-state index in [9.17, 15) is 4.39 Å². The molecule has 96 valence electrons. The summed E-state index contributed by atoms with van der Waals surface area (Å²) in [6.07, 6.45) is 3.35. The zero-order valence-electron chi connectivity index (χ0n) is 10.7. The molecule has 0 bridgehead atoms. The van der Waals surface area contributed by atoms with Crippen LogP contribution >= 0.6 is 0 Å². The van der Waals surface area contributed by atoms with Gasteiger partial charge in [0.2, 0.25) is 0 Å². The van der Waals surface area contributed by atoms with Gasteiger partial charge >= 0.3 is 0 Å². The van der Waals surface area contributed by atoms with Gasteiger partial charge in [-0.25, -0.2) is 4.39 Å². The van der Waals surface area contributed by atoms with Crippen molar-refractivity contribution in [3.63, 3.8) is 0 Å². The Hall–Kier alpha value is -2.41. The van der Waals surface area contributed by atoms with Gasteiger partial charge in [-0.1, -0.05) is 12.1 Å². The van der Waals surface area contributed by atoms with Crippen LogP contribution in [-0.2, 0) is 5.60 Å². The smallest absolute Gasteiger partial charge is 0.144 e. The molecule has 0 radical (unpaired) electrons. The lowest BCUT2D eigenvalue weighted by Gasteiger charge is -2.27. The van der Waals surface area contributed by atoms with E-state index in [0.717, 1.165) is 5.56 Å². The Morgan fingerprint density at radius 2 is 2.05 bits per heavy atom. The molecule has 1 aromatic heterocycles. The van der Waals surface area contributed by atoms with Gasteiger partial charge in [0, 0.05) is 18.0 Å².